The van der Waals surface area contributed by atoms with Gasteiger partial charge in [0.05, 0.1) is 6.42 Å². The summed E-state index contributed by atoms with van der Waals surface area (Å²) < 4.78 is 0. The van der Waals surface area contributed by atoms with Crippen LogP contribution in [0.15, 0.2) is 84.9 Å². The summed E-state index contributed by atoms with van der Waals surface area (Å²) in [6.07, 6.45) is 0.643. The van der Waals surface area contributed by atoms with Gasteiger partial charge in [-0.1, -0.05) is 104 Å². The van der Waals surface area contributed by atoms with Gasteiger partial charge in [0.2, 0.25) is 11.8 Å². The molecule has 0 aliphatic carbocycles. The number of nitrogens with zero attached hydrogens (tertiary/aromatic N) is 1. The Morgan fingerprint density at radius 2 is 1.42 bits per heavy atom. The number of hydrogen-bond acceptors (Lipinski definition) is 2. The average molecular weight is 463 g/mol. The number of amides is 2. The molecule has 0 heterocycles. The first-order valence-electron chi connectivity index (χ1n) is 11.3. The highest BCUT2D eigenvalue weighted by Gasteiger charge is 2.30. The molecule has 2 amide bonds. The Morgan fingerprint density at radius 3 is 2.03 bits per heavy atom. The molecule has 1 atom stereocenters. The summed E-state index contributed by atoms with van der Waals surface area (Å²) >= 11 is 6.44. The number of rotatable bonds is 10. The quantitative estimate of drug-likeness (QED) is 0.444. The molecule has 0 spiro atoms. The normalized spacial score (nSPS) is 11.8. The SMILES string of the molecule is CC(C)CNC(=O)[C@H](Cc1ccccc1)N(Cc1ccccc1Cl)C(=O)Cc1ccccc1. The fourth-order valence-electron chi connectivity index (χ4n) is 3.66. The second-order valence-corrected chi connectivity index (χ2v) is 9.03. The smallest absolute Gasteiger partial charge is 0.243 e. The summed E-state index contributed by atoms with van der Waals surface area (Å²) in [5.74, 6) is 0.0473. The van der Waals surface area contributed by atoms with E-state index in [1.54, 1.807) is 4.90 Å². The van der Waals surface area contributed by atoms with Crippen molar-refractivity contribution in [3.63, 3.8) is 0 Å². The zero-order valence-corrected chi connectivity index (χ0v) is 20.0. The topological polar surface area (TPSA) is 49.4 Å². The predicted octanol–water partition coefficient (Wildman–Crippen LogP) is 5.29. The second-order valence-electron chi connectivity index (χ2n) is 8.62. The lowest BCUT2D eigenvalue weighted by atomic mass is 10.0. The van der Waals surface area contributed by atoms with Gasteiger partial charge in [-0.05, 0) is 28.7 Å². The maximum Gasteiger partial charge on any atom is 0.243 e. The van der Waals surface area contributed by atoms with E-state index in [0.29, 0.717) is 23.9 Å². The third kappa shape index (κ3) is 7.47. The molecule has 0 saturated carbocycles. The molecule has 33 heavy (non-hydrogen) atoms. The molecule has 0 aliphatic heterocycles. The number of nitrogens with one attached hydrogen (secondary N) is 1. The molecule has 5 heteroatoms. The largest absolute Gasteiger partial charge is 0.354 e. The Kier molecular flexibility index (Phi) is 9.08. The molecule has 3 aromatic carbocycles. The van der Waals surface area contributed by atoms with Crippen LogP contribution in [0.2, 0.25) is 5.02 Å². The van der Waals surface area contributed by atoms with E-state index in [1.807, 2.05) is 84.9 Å². The molecular weight excluding hydrogens is 432 g/mol. The van der Waals surface area contributed by atoms with E-state index in [-0.39, 0.29) is 24.8 Å². The van der Waals surface area contributed by atoms with E-state index in [2.05, 4.69) is 19.2 Å². The first kappa shape index (κ1) is 24.5. The molecule has 0 fully saturated rings. The van der Waals surface area contributed by atoms with Crippen molar-refractivity contribution in [2.45, 2.75) is 39.3 Å². The zero-order chi connectivity index (χ0) is 23.6. The fourth-order valence-corrected chi connectivity index (χ4v) is 3.85. The number of carbonyl (C=O) groups excluding carboxylic acids is 2. The Morgan fingerprint density at radius 1 is 0.848 bits per heavy atom. The molecule has 3 aromatic rings. The summed E-state index contributed by atoms with van der Waals surface area (Å²) in [7, 11) is 0. The van der Waals surface area contributed by atoms with Gasteiger partial charge in [-0.25, -0.2) is 0 Å². The first-order valence-corrected chi connectivity index (χ1v) is 11.7. The van der Waals surface area contributed by atoms with Gasteiger partial charge in [-0.2, -0.15) is 0 Å². The predicted molar refractivity (Wildman–Crippen MR) is 134 cm³/mol. The van der Waals surface area contributed by atoms with Crippen LogP contribution in [0.4, 0.5) is 0 Å². The lowest BCUT2D eigenvalue weighted by molar-refractivity contribution is -0.140. The van der Waals surface area contributed by atoms with Gasteiger partial charge < -0.3 is 10.2 Å². The van der Waals surface area contributed by atoms with Crippen LogP contribution in [0.3, 0.4) is 0 Å². The molecule has 0 aromatic heterocycles. The number of hydrogen-bond donors (Lipinski definition) is 1. The van der Waals surface area contributed by atoms with Gasteiger partial charge in [-0.15, -0.1) is 0 Å². The third-order valence-electron chi connectivity index (χ3n) is 5.45. The van der Waals surface area contributed by atoms with Crippen molar-refractivity contribution in [1.29, 1.82) is 0 Å². The Labute approximate surface area is 201 Å². The van der Waals surface area contributed by atoms with Crippen molar-refractivity contribution in [3.8, 4) is 0 Å². The van der Waals surface area contributed by atoms with Crippen LogP contribution in [-0.4, -0.2) is 29.3 Å². The summed E-state index contributed by atoms with van der Waals surface area (Å²) in [5, 5.41) is 3.62. The van der Waals surface area contributed by atoms with Crippen molar-refractivity contribution in [2.75, 3.05) is 6.54 Å². The molecule has 0 bridgehead atoms. The van der Waals surface area contributed by atoms with Gasteiger partial charge in [0.1, 0.15) is 6.04 Å². The van der Waals surface area contributed by atoms with Crippen molar-refractivity contribution in [1.82, 2.24) is 10.2 Å². The molecule has 4 nitrogen and oxygen atoms in total. The number of carbonyl (C=O) groups is 2. The van der Waals surface area contributed by atoms with E-state index in [4.69, 9.17) is 11.6 Å². The zero-order valence-electron chi connectivity index (χ0n) is 19.2. The lowest BCUT2D eigenvalue weighted by Crippen LogP contribution is -2.51. The van der Waals surface area contributed by atoms with E-state index in [0.717, 1.165) is 16.7 Å². The number of halogens is 1. The van der Waals surface area contributed by atoms with Crippen molar-refractivity contribution in [2.24, 2.45) is 5.92 Å². The van der Waals surface area contributed by atoms with E-state index in [1.165, 1.54) is 0 Å². The highest BCUT2D eigenvalue weighted by molar-refractivity contribution is 6.31. The summed E-state index contributed by atoms with van der Waals surface area (Å²) in [4.78, 5) is 28.7. The summed E-state index contributed by atoms with van der Waals surface area (Å²) in [6, 6.07) is 26.2. The van der Waals surface area contributed by atoms with Crippen molar-refractivity contribution in [3.05, 3.63) is 107 Å². The molecular formula is C28H31ClN2O2. The highest BCUT2D eigenvalue weighted by atomic mass is 35.5. The monoisotopic (exact) mass is 462 g/mol. The van der Waals surface area contributed by atoms with E-state index in [9.17, 15) is 9.59 Å². The van der Waals surface area contributed by atoms with E-state index < -0.39 is 6.04 Å². The highest BCUT2D eigenvalue weighted by Crippen LogP contribution is 2.21. The molecule has 3 rings (SSSR count). The lowest BCUT2D eigenvalue weighted by Gasteiger charge is -2.32. The van der Waals surface area contributed by atoms with Gasteiger partial charge in [-0.3, -0.25) is 9.59 Å². The van der Waals surface area contributed by atoms with E-state index >= 15 is 0 Å². The van der Waals surface area contributed by atoms with Crippen molar-refractivity contribution < 1.29 is 9.59 Å². The molecule has 0 unspecified atom stereocenters. The standard InChI is InChI=1S/C28H31ClN2O2/c1-21(2)19-30-28(33)26(17-22-11-5-3-6-12-22)31(20-24-15-9-10-16-25(24)29)27(32)18-23-13-7-4-8-14-23/h3-16,21,26H,17-20H2,1-2H3,(H,30,33)/t26-/m0/s1. The molecule has 172 valence electrons. The number of benzene rings is 3. The van der Waals surface area contributed by atoms with Crippen LogP contribution < -0.4 is 5.32 Å². The van der Waals surface area contributed by atoms with Gasteiger partial charge in [0.15, 0.2) is 0 Å². The average Bonchev–Trinajstić information content (AvgIpc) is 2.82. The van der Waals surface area contributed by atoms with Crippen LogP contribution in [0.25, 0.3) is 0 Å². The summed E-state index contributed by atoms with van der Waals surface area (Å²) in [6.45, 7) is 4.91. The van der Waals surface area contributed by atoms with Crippen LogP contribution in [0, 0.1) is 5.92 Å². The molecule has 0 saturated heterocycles. The first-order chi connectivity index (χ1) is 15.9. The third-order valence-corrected chi connectivity index (χ3v) is 5.82. The van der Waals surface area contributed by atoms with Gasteiger partial charge >= 0.3 is 0 Å². The fraction of sp³-hybridized carbons (Fsp3) is 0.286. The molecule has 1 N–H and O–H groups in total. The minimum atomic E-state index is -0.654. The molecule has 0 radical (unpaired) electrons. The Hall–Kier alpha value is -3.11. The molecule has 0 aliphatic rings. The summed E-state index contributed by atoms with van der Waals surface area (Å²) in [5.41, 5.74) is 2.72. The maximum atomic E-state index is 13.6. The minimum Gasteiger partial charge on any atom is -0.354 e. The van der Waals surface area contributed by atoms with Gasteiger partial charge in [0, 0.05) is 24.5 Å². The van der Waals surface area contributed by atoms with Crippen LogP contribution in [0.5, 0.6) is 0 Å². The van der Waals surface area contributed by atoms with Crippen LogP contribution in [-0.2, 0) is 29.0 Å². The van der Waals surface area contributed by atoms with Crippen LogP contribution >= 0.6 is 11.6 Å². The second kappa shape index (κ2) is 12.2. The van der Waals surface area contributed by atoms with Gasteiger partial charge in [0.25, 0.3) is 0 Å². The van der Waals surface area contributed by atoms with Crippen LogP contribution in [0.1, 0.15) is 30.5 Å². The maximum absolute atomic E-state index is 13.6. The van der Waals surface area contributed by atoms with Crippen molar-refractivity contribution >= 4 is 23.4 Å². The minimum absolute atomic E-state index is 0.109. The Bertz CT molecular complexity index is 1040. The Balaban J connectivity index is 1.95.